The number of rotatable bonds is 12. The van der Waals surface area contributed by atoms with E-state index in [-0.39, 0.29) is 43.3 Å². The molecule has 4 saturated heterocycles. The normalized spacial score (nSPS) is 23.6. The highest BCUT2D eigenvalue weighted by molar-refractivity contribution is 7.89. The Kier molecular flexibility index (Phi) is 12.2. The van der Waals surface area contributed by atoms with Crippen LogP contribution in [0.3, 0.4) is 0 Å². The van der Waals surface area contributed by atoms with E-state index in [2.05, 4.69) is 11.2 Å². The van der Waals surface area contributed by atoms with E-state index in [4.69, 9.17) is 22.8 Å². The summed E-state index contributed by atoms with van der Waals surface area (Å²) < 4.78 is 57.7. The lowest BCUT2D eigenvalue weighted by Gasteiger charge is -2.57. The Balaban J connectivity index is 1.76. The molecule has 4 fully saturated rings. The molecule has 25 heteroatoms. The Morgan fingerprint density at radius 3 is 1.82 bits per heavy atom. The van der Waals surface area contributed by atoms with E-state index in [0.29, 0.717) is 21.3 Å². The van der Waals surface area contributed by atoms with Gasteiger partial charge in [0.15, 0.2) is 6.61 Å². The zero-order valence-corrected chi connectivity index (χ0v) is 32.6. The molecule has 305 valence electrons. The molecule has 0 spiro atoms. The molecule has 0 N–H and O–H groups in total. The predicted molar refractivity (Wildman–Crippen MR) is 190 cm³/mol. The van der Waals surface area contributed by atoms with Crippen LogP contribution in [0.25, 0.3) is 0 Å². The topological polar surface area (TPSA) is 268 Å². The average Bonchev–Trinajstić information content (AvgIpc) is 3.11. The first-order valence-corrected chi connectivity index (χ1v) is 20.7. The standard InChI is InChI=1S/C32H34ClN8O14S2/c1-4-6-12-57(53,54)37-17-26(46)40(27(47)18-37)32(39-24(44)15-36(16-25(39)45)56(3,51)52)31(50)34-29(49)30(38-22(42)13-35(11-5-2)14-23(38)43)41(32)28(48)19-55-21-9-7-20(33)8-10-21/h2,7-10,30H,4,6,11-19H2,1,3H3. The van der Waals surface area contributed by atoms with Crippen LogP contribution in [-0.2, 0) is 63.2 Å². The summed E-state index contributed by atoms with van der Waals surface area (Å²) >= 11 is 5.94. The number of nitrogens with zero attached hydrogens (tertiary/aromatic N) is 8. The number of halogens is 1. The van der Waals surface area contributed by atoms with Crippen LogP contribution >= 0.6 is 11.6 Å². The SMILES string of the molecule is C#CCN1CC(=O)N(C2C(=O)[N]C(=O)C(N3C(=O)CN(S(C)(=O)=O)CC3=O)(N3C(=O)CN(S(=O)(=O)CCCC)CC3=O)N2C(=O)COc2ccc(Cl)cc2)C(=O)C1. The van der Waals surface area contributed by atoms with Crippen LogP contribution in [0.1, 0.15) is 19.8 Å². The summed E-state index contributed by atoms with van der Waals surface area (Å²) in [6, 6.07) is 5.25. The molecule has 5 rings (SSSR count). The van der Waals surface area contributed by atoms with Crippen molar-refractivity contribution in [2.24, 2.45) is 0 Å². The van der Waals surface area contributed by atoms with E-state index in [9.17, 15) is 60.0 Å². The van der Waals surface area contributed by atoms with Gasteiger partial charge in [-0.05, 0) is 30.7 Å². The van der Waals surface area contributed by atoms with E-state index in [1.54, 1.807) is 6.92 Å². The van der Waals surface area contributed by atoms with Crippen molar-refractivity contribution in [1.29, 1.82) is 0 Å². The van der Waals surface area contributed by atoms with Gasteiger partial charge in [-0.25, -0.2) is 31.5 Å². The van der Waals surface area contributed by atoms with Crippen molar-refractivity contribution in [3.63, 3.8) is 0 Å². The molecule has 22 nitrogen and oxygen atoms in total. The third kappa shape index (κ3) is 8.11. The molecule has 4 aliphatic rings. The molecule has 0 bridgehead atoms. The first kappa shape index (κ1) is 42.8. The van der Waals surface area contributed by atoms with Gasteiger partial charge in [-0.15, -0.1) is 6.42 Å². The van der Waals surface area contributed by atoms with Gasteiger partial charge >= 0.3 is 5.91 Å². The van der Waals surface area contributed by atoms with Crippen LogP contribution in [0.2, 0.25) is 5.02 Å². The van der Waals surface area contributed by atoms with Gasteiger partial charge in [0.05, 0.1) is 57.8 Å². The van der Waals surface area contributed by atoms with Gasteiger partial charge in [0.25, 0.3) is 17.6 Å². The lowest BCUT2D eigenvalue weighted by Crippen LogP contribution is -2.89. The molecular formula is C32H34ClN8O14S2. The first-order chi connectivity index (χ1) is 26.7. The molecular weight excluding hydrogens is 820 g/mol. The molecule has 0 aliphatic carbocycles. The second-order valence-electron chi connectivity index (χ2n) is 13.0. The monoisotopic (exact) mass is 853 g/mol. The molecule has 1 aromatic carbocycles. The van der Waals surface area contributed by atoms with Gasteiger partial charge in [-0.2, -0.15) is 13.9 Å². The fourth-order valence-corrected chi connectivity index (χ4v) is 8.85. The number of sulfonamides is 2. The minimum atomic E-state index is -4.35. The van der Waals surface area contributed by atoms with Crippen LogP contribution in [-0.4, -0.2) is 179 Å². The van der Waals surface area contributed by atoms with E-state index in [1.807, 2.05) is 0 Å². The minimum Gasteiger partial charge on any atom is -0.484 e. The number of benzene rings is 1. The Morgan fingerprint density at radius 1 is 0.842 bits per heavy atom. The van der Waals surface area contributed by atoms with Gasteiger partial charge in [0.2, 0.25) is 61.7 Å². The van der Waals surface area contributed by atoms with E-state index in [0.717, 1.165) is 0 Å². The summed E-state index contributed by atoms with van der Waals surface area (Å²) in [4.78, 5) is 128. The summed E-state index contributed by atoms with van der Waals surface area (Å²) in [7, 11) is -8.68. The maximum Gasteiger partial charge on any atom is 0.319 e. The highest BCUT2D eigenvalue weighted by Gasteiger charge is 2.72. The molecule has 0 saturated carbocycles. The number of imide groups is 4. The van der Waals surface area contributed by atoms with E-state index in [1.165, 1.54) is 29.2 Å². The van der Waals surface area contributed by atoms with Gasteiger partial charge < -0.3 is 4.74 Å². The van der Waals surface area contributed by atoms with Crippen molar-refractivity contribution >= 4 is 84.8 Å². The Bertz CT molecular complexity index is 2160. The number of unbranched alkanes of at least 4 members (excludes halogenated alkanes) is 1. The number of ether oxygens (including phenoxy) is 1. The number of carbonyl (C=O) groups excluding carboxylic acids is 9. The second-order valence-corrected chi connectivity index (χ2v) is 17.5. The Hall–Kier alpha value is -5.32. The van der Waals surface area contributed by atoms with Crippen LogP contribution in [0, 0.1) is 12.3 Å². The van der Waals surface area contributed by atoms with Crippen molar-refractivity contribution in [3.8, 4) is 18.1 Å². The molecule has 1 aromatic rings. The van der Waals surface area contributed by atoms with Crippen molar-refractivity contribution in [2.75, 3.05) is 64.4 Å². The maximum absolute atomic E-state index is 14.7. The fraction of sp³-hybridized carbons (Fsp3) is 0.469. The number of amides is 9. The second kappa shape index (κ2) is 16.3. The van der Waals surface area contributed by atoms with Gasteiger partial charge in [-0.1, -0.05) is 30.9 Å². The zero-order valence-electron chi connectivity index (χ0n) is 30.2. The largest absolute Gasteiger partial charge is 0.484 e. The highest BCUT2D eigenvalue weighted by atomic mass is 35.5. The Labute approximate surface area is 330 Å². The van der Waals surface area contributed by atoms with Crippen molar-refractivity contribution in [3.05, 3.63) is 29.3 Å². The molecule has 4 heterocycles. The molecule has 57 heavy (non-hydrogen) atoms. The van der Waals surface area contributed by atoms with E-state index >= 15 is 0 Å². The van der Waals surface area contributed by atoms with Crippen LogP contribution in [0.4, 0.5) is 0 Å². The molecule has 2 atom stereocenters. The van der Waals surface area contributed by atoms with Crippen LogP contribution in [0.5, 0.6) is 5.75 Å². The molecule has 2 unspecified atom stereocenters. The maximum atomic E-state index is 14.7. The number of hydrogen-bond acceptors (Lipinski definition) is 15. The number of carbonyl (C=O) groups is 9. The molecule has 1 radical (unpaired) electrons. The number of piperazine rings is 4. The number of hydrogen-bond donors (Lipinski definition) is 0. The van der Waals surface area contributed by atoms with Crippen molar-refractivity contribution < 1.29 is 64.7 Å². The van der Waals surface area contributed by atoms with Crippen LogP contribution < -0.4 is 10.1 Å². The van der Waals surface area contributed by atoms with Gasteiger partial charge in [-0.3, -0.25) is 53.0 Å². The highest BCUT2D eigenvalue weighted by Crippen LogP contribution is 2.38. The van der Waals surface area contributed by atoms with E-state index < -0.39 is 137 Å². The fourth-order valence-electron chi connectivity index (χ4n) is 6.51. The average molecular weight is 854 g/mol. The molecule has 0 aromatic heterocycles. The summed E-state index contributed by atoms with van der Waals surface area (Å²) in [5, 5.41) is 3.60. The number of terminal acetylenes is 1. The summed E-state index contributed by atoms with van der Waals surface area (Å²) in [5.41, 5.74) is 0. The summed E-state index contributed by atoms with van der Waals surface area (Å²) in [5.74, 6) is -16.5. The van der Waals surface area contributed by atoms with Crippen molar-refractivity contribution in [2.45, 2.75) is 31.7 Å². The zero-order chi connectivity index (χ0) is 42.2. The first-order valence-electron chi connectivity index (χ1n) is 16.8. The lowest BCUT2D eigenvalue weighted by molar-refractivity contribution is -0.224. The quantitative estimate of drug-likeness (QED) is 0.143. The smallest absolute Gasteiger partial charge is 0.319 e. The predicted octanol–water partition coefficient (Wildman–Crippen LogP) is -4.07. The minimum absolute atomic E-state index is 0.00379. The summed E-state index contributed by atoms with van der Waals surface area (Å²) in [6.45, 7) is -6.06. The Morgan fingerprint density at radius 2 is 1.35 bits per heavy atom. The third-order valence-electron chi connectivity index (χ3n) is 9.05. The van der Waals surface area contributed by atoms with Crippen molar-refractivity contribution in [1.82, 2.24) is 38.4 Å². The van der Waals surface area contributed by atoms with Crippen LogP contribution in [0.15, 0.2) is 24.3 Å². The lowest BCUT2D eigenvalue weighted by atomic mass is 10.0. The third-order valence-corrected chi connectivity index (χ3v) is 12.3. The van der Waals surface area contributed by atoms with Gasteiger partial charge in [0, 0.05) is 5.02 Å². The summed E-state index contributed by atoms with van der Waals surface area (Å²) in [6.07, 6.45) is 3.77. The molecule has 4 aliphatic heterocycles. The molecule has 9 amide bonds. The van der Waals surface area contributed by atoms with Gasteiger partial charge in [0.1, 0.15) is 5.75 Å².